The quantitative estimate of drug-likeness (QED) is 0.680. The Kier molecular flexibility index (Phi) is 5.46. The molecule has 2 heterocycles. The van der Waals surface area contributed by atoms with Crippen molar-refractivity contribution >= 4 is 12.0 Å². The van der Waals surface area contributed by atoms with Gasteiger partial charge >= 0.3 is 6.09 Å². The van der Waals surface area contributed by atoms with Gasteiger partial charge in [0.2, 0.25) is 0 Å². The molecule has 1 N–H and O–H groups in total. The Bertz CT molecular complexity index is 943. The van der Waals surface area contributed by atoms with Crippen molar-refractivity contribution in [3.63, 3.8) is 0 Å². The van der Waals surface area contributed by atoms with E-state index in [1.165, 1.54) is 11.0 Å². The van der Waals surface area contributed by atoms with Crippen LogP contribution in [0.2, 0.25) is 0 Å². The van der Waals surface area contributed by atoms with Gasteiger partial charge < -0.3 is 15.0 Å². The van der Waals surface area contributed by atoms with E-state index in [0.717, 1.165) is 11.1 Å². The number of aromatic nitrogens is 4. The van der Waals surface area contributed by atoms with Crippen LogP contribution in [-0.4, -0.2) is 56.2 Å². The summed E-state index contributed by atoms with van der Waals surface area (Å²) in [7, 11) is 0. The molecule has 1 aliphatic heterocycles. The maximum absolute atomic E-state index is 13.0. The highest BCUT2D eigenvalue weighted by atomic mass is 16.5. The highest BCUT2D eigenvalue weighted by molar-refractivity contribution is 5.84. The summed E-state index contributed by atoms with van der Waals surface area (Å²) >= 11 is 0. The molecule has 0 saturated carbocycles. The number of carbonyl (C=O) groups excluding carboxylic acids is 2. The number of tetrazole rings is 1. The van der Waals surface area contributed by atoms with E-state index in [4.69, 9.17) is 4.74 Å². The van der Waals surface area contributed by atoms with Crippen molar-refractivity contribution in [2.45, 2.75) is 18.7 Å². The Morgan fingerprint density at radius 1 is 1.07 bits per heavy atom. The molecule has 1 fully saturated rings. The van der Waals surface area contributed by atoms with Gasteiger partial charge in [-0.1, -0.05) is 60.7 Å². The average Bonchev–Trinajstić information content (AvgIpc) is 3.25. The fraction of sp³-hybridized carbons (Fsp3) is 0.250. The topological polar surface area (TPSA) is 102 Å². The number of carbonyl (C=O) groups is 2. The molecule has 1 unspecified atom stereocenters. The van der Waals surface area contributed by atoms with Gasteiger partial charge in [-0.3, -0.25) is 4.79 Å². The van der Waals surface area contributed by atoms with Crippen molar-refractivity contribution in [3.8, 4) is 0 Å². The van der Waals surface area contributed by atoms with Gasteiger partial charge in [0.1, 0.15) is 12.9 Å². The minimum absolute atomic E-state index is 0.126. The van der Waals surface area contributed by atoms with Crippen LogP contribution in [0.25, 0.3) is 0 Å². The minimum Gasteiger partial charge on any atom is -0.445 e. The SMILES string of the molecule is O=C(NC1CN(C(=O)C(c2ccccc2)n2cnnn2)C1)OCc1ccccc1. The second-order valence-electron chi connectivity index (χ2n) is 6.75. The number of alkyl carbamates (subject to hydrolysis) is 1. The van der Waals surface area contributed by atoms with Gasteiger partial charge in [-0.25, -0.2) is 9.48 Å². The molecule has 0 aliphatic carbocycles. The standard InChI is InChI=1S/C20H20N6O3/c27-19(18(26-14-21-23-24-26)16-9-5-2-6-10-16)25-11-17(12-25)22-20(28)29-13-15-7-3-1-4-8-15/h1-10,14,17-18H,11-13H2,(H,22,28). The van der Waals surface area contributed by atoms with Crippen molar-refractivity contribution in [2.75, 3.05) is 13.1 Å². The van der Waals surface area contributed by atoms with Crippen molar-refractivity contribution < 1.29 is 14.3 Å². The Morgan fingerprint density at radius 2 is 1.76 bits per heavy atom. The summed E-state index contributed by atoms with van der Waals surface area (Å²) in [5, 5.41) is 14.0. The third-order valence-corrected chi connectivity index (χ3v) is 4.71. The lowest BCUT2D eigenvalue weighted by atomic mass is 10.0. The normalized spacial score (nSPS) is 14.7. The smallest absolute Gasteiger partial charge is 0.407 e. The molecule has 1 aliphatic rings. The van der Waals surface area contributed by atoms with Gasteiger partial charge in [-0.05, 0) is 21.6 Å². The zero-order valence-corrected chi connectivity index (χ0v) is 15.6. The number of rotatable bonds is 6. The van der Waals surface area contributed by atoms with E-state index in [1.807, 2.05) is 60.7 Å². The van der Waals surface area contributed by atoms with Crippen LogP contribution in [0.15, 0.2) is 67.0 Å². The first-order valence-corrected chi connectivity index (χ1v) is 9.24. The molecule has 3 aromatic rings. The first-order chi connectivity index (χ1) is 14.2. The first kappa shape index (κ1) is 18.6. The number of ether oxygens (including phenoxy) is 1. The van der Waals surface area contributed by atoms with Crippen LogP contribution < -0.4 is 5.32 Å². The van der Waals surface area contributed by atoms with E-state index in [0.29, 0.717) is 13.1 Å². The fourth-order valence-electron chi connectivity index (χ4n) is 3.18. The van der Waals surface area contributed by atoms with E-state index in [-0.39, 0.29) is 18.6 Å². The second kappa shape index (κ2) is 8.51. The van der Waals surface area contributed by atoms with Crippen LogP contribution in [-0.2, 0) is 16.1 Å². The summed E-state index contributed by atoms with van der Waals surface area (Å²) in [6, 6.07) is 18.0. The highest BCUT2D eigenvalue weighted by Gasteiger charge is 2.37. The number of benzene rings is 2. The molecular weight excluding hydrogens is 372 g/mol. The summed E-state index contributed by atoms with van der Waals surface area (Å²) in [5.74, 6) is -0.126. The number of nitrogens with one attached hydrogen (secondary N) is 1. The van der Waals surface area contributed by atoms with Crippen LogP contribution in [0, 0.1) is 0 Å². The average molecular weight is 392 g/mol. The third-order valence-electron chi connectivity index (χ3n) is 4.71. The molecule has 0 spiro atoms. The summed E-state index contributed by atoms with van der Waals surface area (Å²) in [4.78, 5) is 26.7. The predicted molar refractivity (Wildman–Crippen MR) is 103 cm³/mol. The maximum atomic E-state index is 13.0. The fourth-order valence-corrected chi connectivity index (χ4v) is 3.18. The highest BCUT2D eigenvalue weighted by Crippen LogP contribution is 2.22. The molecule has 9 heteroatoms. The van der Waals surface area contributed by atoms with Crippen LogP contribution in [0.4, 0.5) is 4.79 Å². The largest absolute Gasteiger partial charge is 0.445 e. The van der Waals surface area contributed by atoms with E-state index < -0.39 is 12.1 Å². The molecule has 29 heavy (non-hydrogen) atoms. The zero-order valence-electron chi connectivity index (χ0n) is 15.6. The first-order valence-electron chi connectivity index (χ1n) is 9.24. The molecule has 148 valence electrons. The molecule has 4 rings (SSSR count). The summed E-state index contributed by atoms with van der Waals surface area (Å²) in [6.45, 7) is 1.02. The number of hydrogen-bond donors (Lipinski definition) is 1. The van der Waals surface area contributed by atoms with Gasteiger partial charge in [-0.15, -0.1) is 5.10 Å². The van der Waals surface area contributed by atoms with Crippen molar-refractivity contribution in [2.24, 2.45) is 0 Å². The number of hydrogen-bond acceptors (Lipinski definition) is 6. The lowest BCUT2D eigenvalue weighted by Crippen LogP contribution is -2.62. The van der Waals surface area contributed by atoms with Crippen LogP contribution in [0.3, 0.4) is 0 Å². The van der Waals surface area contributed by atoms with E-state index in [9.17, 15) is 9.59 Å². The van der Waals surface area contributed by atoms with E-state index in [2.05, 4.69) is 20.8 Å². The van der Waals surface area contributed by atoms with Gasteiger partial charge in [0.25, 0.3) is 5.91 Å². The maximum Gasteiger partial charge on any atom is 0.407 e. The lowest BCUT2D eigenvalue weighted by molar-refractivity contribution is -0.138. The zero-order chi connectivity index (χ0) is 20.1. The second-order valence-corrected chi connectivity index (χ2v) is 6.75. The van der Waals surface area contributed by atoms with E-state index in [1.54, 1.807) is 4.90 Å². The van der Waals surface area contributed by atoms with Gasteiger partial charge in [0.05, 0.1) is 6.04 Å². The molecular formula is C20H20N6O3. The van der Waals surface area contributed by atoms with Crippen LogP contribution in [0.5, 0.6) is 0 Å². The molecule has 2 amide bonds. The summed E-state index contributed by atoms with van der Waals surface area (Å²) < 4.78 is 6.66. The molecule has 0 bridgehead atoms. The molecule has 2 aromatic carbocycles. The Labute approximate surface area is 167 Å². The molecule has 1 aromatic heterocycles. The molecule has 1 saturated heterocycles. The van der Waals surface area contributed by atoms with E-state index >= 15 is 0 Å². The third kappa shape index (κ3) is 4.40. The molecule has 1 atom stereocenters. The monoisotopic (exact) mass is 392 g/mol. The van der Waals surface area contributed by atoms with Crippen molar-refractivity contribution in [3.05, 3.63) is 78.1 Å². The van der Waals surface area contributed by atoms with Crippen molar-refractivity contribution in [1.29, 1.82) is 0 Å². The van der Waals surface area contributed by atoms with Crippen molar-refractivity contribution in [1.82, 2.24) is 30.4 Å². The Morgan fingerprint density at radius 3 is 2.41 bits per heavy atom. The Balaban J connectivity index is 1.31. The minimum atomic E-state index is -0.641. The number of likely N-dealkylation sites (tertiary alicyclic amines) is 1. The van der Waals surface area contributed by atoms with Gasteiger partial charge in [-0.2, -0.15) is 0 Å². The Hall–Kier alpha value is -3.75. The molecule has 9 nitrogen and oxygen atoms in total. The van der Waals surface area contributed by atoms with Gasteiger partial charge in [0.15, 0.2) is 6.04 Å². The molecule has 0 radical (unpaired) electrons. The van der Waals surface area contributed by atoms with Gasteiger partial charge in [0, 0.05) is 13.1 Å². The predicted octanol–water partition coefficient (Wildman–Crippen LogP) is 1.40. The number of nitrogens with zero attached hydrogens (tertiary/aromatic N) is 5. The van der Waals surface area contributed by atoms with Crippen LogP contribution in [0.1, 0.15) is 17.2 Å². The van der Waals surface area contributed by atoms with Crippen LogP contribution >= 0.6 is 0 Å². The lowest BCUT2D eigenvalue weighted by Gasteiger charge is -2.40. The summed E-state index contributed by atoms with van der Waals surface area (Å²) in [6.07, 6.45) is 0.928. The number of amides is 2. The summed E-state index contributed by atoms with van der Waals surface area (Å²) in [5.41, 5.74) is 1.71.